The average Bonchev–Trinajstić information content (AvgIpc) is 2.35. The van der Waals surface area contributed by atoms with Crippen LogP contribution in [0.2, 0.25) is 5.02 Å². The molecule has 0 aromatic heterocycles. The number of methoxy groups -OCH3 is 1. The van der Waals surface area contributed by atoms with Crippen LogP contribution in [0.25, 0.3) is 0 Å². The highest BCUT2D eigenvalue weighted by Gasteiger charge is 2.11. The van der Waals surface area contributed by atoms with E-state index in [1.807, 2.05) is 13.0 Å². The maximum Gasteiger partial charge on any atom is 0.179 e. The molecule has 17 heavy (non-hydrogen) atoms. The largest absolute Gasteiger partial charge is 0.493 e. The highest BCUT2D eigenvalue weighted by Crippen LogP contribution is 2.36. The zero-order chi connectivity index (χ0) is 12.7. The van der Waals surface area contributed by atoms with Crippen LogP contribution in [0, 0.1) is 0 Å². The van der Waals surface area contributed by atoms with Crippen molar-refractivity contribution in [2.45, 2.75) is 13.5 Å². The quantitative estimate of drug-likeness (QED) is 0.763. The fraction of sp³-hybridized carbons (Fsp3) is 0.500. The summed E-state index contributed by atoms with van der Waals surface area (Å²) in [6.45, 7) is 3.97. The Kier molecular flexibility index (Phi) is 6.11. The summed E-state index contributed by atoms with van der Waals surface area (Å²) in [6.07, 6.45) is 0. The Bertz CT molecular complexity index is 358. The van der Waals surface area contributed by atoms with Crippen molar-refractivity contribution in [3.63, 3.8) is 0 Å². The van der Waals surface area contributed by atoms with Crippen molar-refractivity contribution in [3.05, 3.63) is 22.7 Å². The Hall–Kier alpha value is -0.970. The number of hydrogen-bond acceptors (Lipinski definition) is 4. The number of hydrogen-bond donors (Lipinski definition) is 1. The van der Waals surface area contributed by atoms with E-state index in [9.17, 15) is 0 Å². The first-order valence-electron chi connectivity index (χ1n) is 5.50. The highest BCUT2D eigenvalue weighted by atomic mass is 35.5. The van der Waals surface area contributed by atoms with E-state index in [1.165, 1.54) is 0 Å². The molecule has 2 N–H and O–H groups in total. The molecule has 0 bridgehead atoms. The summed E-state index contributed by atoms with van der Waals surface area (Å²) in [5, 5.41) is 0.501. The van der Waals surface area contributed by atoms with E-state index in [2.05, 4.69) is 0 Å². The van der Waals surface area contributed by atoms with E-state index in [1.54, 1.807) is 13.2 Å². The van der Waals surface area contributed by atoms with Crippen molar-refractivity contribution in [3.8, 4) is 11.5 Å². The van der Waals surface area contributed by atoms with Crippen LogP contribution < -0.4 is 15.2 Å². The van der Waals surface area contributed by atoms with Crippen molar-refractivity contribution in [2.24, 2.45) is 5.73 Å². The fourth-order valence-electron chi connectivity index (χ4n) is 1.38. The van der Waals surface area contributed by atoms with Crippen molar-refractivity contribution < 1.29 is 14.2 Å². The summed E-state index contributed by atoms with van der Waals surface area (Å²) in [6, 6.07) is 3.60. The third kappa shape index (κ3) is 4.07. The van der Waals surface area contributed by atoms with Gasteiger partial charge in [0.2, 0.25) is 0 Å². The van der Waals surface area contributed by atoms with Gasteiger partial charge in [0.15, 0.2) is 11.5 Å². The summed E-state index contributed by atoms with van der Waals surface area (Å²) in [4.78, 5) is 0. The minimum Gasteiger partial charge on any atom is -0.493 e. The summed E-state index contributed by atoms with van der Waals surface area (Å²) in [5.74, 6) is 1.13. The molecule has 0 radical (unpaired) electrons. The maximum absolute atomic E-state index is 6.10. The first-order chi connectivity index (χ1) is 8.22. The van der Waals surface area contributed by atoms with Gasteiger partial charge < -0.3 is 19.9 Å². The zero-order valence-electron chi connectivity index (χ0n) is 10.2. The first-order valence-corrected chi connectivity index (χ1v) is 5.87. The van der Waals surface area contributed by atoms with Gasteiger partial charge in [-0.3, -0.25) is 0 Å². The average molecular weight is 260 g/mol. The Morgan fingerprint density at radius 1 is 1.29 bits per heavy atom. The summed E-state index contributed by atoms with van der Waals surface area (Å²) >= 11 is 6.10. The third-order valence-electron chi connectivity index (χ3n) is 2.20. The molecule has 0 aliphatic rings. The standard InChI is InChI=1S/C12H18ClNO3/c1-3-16-4-5-17-12-10(13)6-9(8-14)7-11(12)15-2/h6-7H,3-5,8,14H2,1-2H3. The molecule has 0 saturated carbocycles. The summed E-state index contributed by atoms with van der Waals surface area (Å²) < 4.78 is 15.9. The van der Waals surface area contributed by atoms with Crippen LogP contribution in [0.15, 0.2) is 12.1 Å². The van der Waals surface area contributed by atoms with Crippen LogP contribution in [0.3, 0.4) is 0 Å². The Morgan fingerprint density at radius 3 is 2.65 bits per heavy atom. The molecule has 1 aromatic rings. The van der Waals surface area contributed by atoms with E-state index < -0.39 is 0 Å². The Labute approximate surface area is 107 Å². The van der Waals surface area contributed by atoms with Crippen LogP contribution in [0.5, 0.6) is 11.5 Å². The molecular formula is C12H18ClNO3. The molecule has 0 saturated heterocycles. The lowest BCUT2D eigenvalue weighted by Gasteiger charge is -2.13. The molecule has 1 rings (SSSR count). The monoisotopic (exact) mass is 259 g/mol. The normalized spacial score (nSPS) is 10.4. The molecule has 0 unspecified atom stereocenters. The molecule has 4 nitrogen and oxygen atoms in total. The molecule has 1 aromatic carbocycles. The van der Waals surface area contributed by atoms with Crippen LogP contribution in [-0.2, 0) is 11.3 Å². The zero-order valence-corrected chi connectivity index (χ0v) is 10.9. The molecule has 0 atom stereocenters. The van der Waals surface area contributed by atoms with Crippen molar-refractivity contribution in [1.29, 1.82) is 0 Å². The topological polar surface area (TPSA) is 53.7 Å². The molecule has 0 aliphatic carbocycles. The van der Waals surface area contributed by atoms with Crippen molar-refractivity contribution in [1.82, 2.24) is 0 Å². The Balaban J connectivity index is 2.75. The number of rotatable bonds is 7. The fourth-order valence-corrected chi connectivity index (χ4v) is 1.67. The number of ether oxygens (including phenoxy) is 3. The molecule has 5 heteroatoms. The van der Waals surface area contributed by atoms with Crippen LogP contribution in [-0.4, -0.2) is 26.9 Å². The van der Waals surface area contributed by atoms with Gasteiger partial charge in [0.25, 0.3) is 0 Å². The van der Waals surface area contributed by atoms with Gasteiger partial charge >= 0.3 is 0 Å². The summed E-state index contributed by atoms with van der Waals surface area (Å²) in [5.41, 5.74) is 6.46. The van der Waals surface area contributed by atoms with E-state index in [0.29, 0.717) is 42.9 Å². The Morgan fingerprint density at radius 2 is 2.06 bits per heavy atom. The van der Waals surface area contributed by atoms with Crippen LogP contribution in [0.4, 0.5) is 0 Å². The summed E-state index contributed by atoms with van der Waals surface area (Å²) in [7, 11) is 1.57. The smallest absolute Gasteiger partial charge is 0.179 e. The van der Waals surface area contributed by atoms with Gasteiger partial charge in [-0.25, -0.2) is 0 Å². The van der Waals surface area contributed by atoms with Gasteiger partial charge in [-0.05, 0) is 24.6 Å². The number of benzene rings is 1. The van der Waals surface area contributed by atoms with Gasteiger partial charge in [0.05, 0.1) is 18.7 Å². The molecule has 0 fully saturated rings. The molecule has 0 spiro atoms. The van der Waals surface area contributed by atoms with Gasteiger partial charge in [-0.15, -0.1) is 0 Å². The highest BCUT2D eigenvalue weighted by molar-refractivity contribution is 6.32. The second-order valence-electron chi connectivity index (χ2n) is 3.36. The predicted octanol–water partition coefficient (Wildman–Crippen LogP) is 2.22. The molecule has 96 valence electrons. The second-order valence-corrected chi connectivity index (χ2v) is 3.77. The predicted molar refractivity (Wildman–Crippen MR) is 67.9 cm³/mol. The van der Waals surface area contributed by atoms with Crippen LogP contribution >= 0.6 is 11.6 Å². The van der Waals surface area contributed by atoms with Gasteiger partial charge in [0, 0.05) is 13.2 Å². The molecule has 0 amide bonds. The number of halogens is 1. The first kappa shape index (κ1) is 14.1. The van der Waals surface area contributed by atoms with Crippen molar-refractivity contribution >= 4 is 11.6 Å². The van der Waals surface area contributed by atoms with E-state index in [-0.39, 0.29) is 0 Å². The minimum atomic E-state index is 0.412. The minimum absolute atomic E-state index is 0.412. The van der Waals surface area contributed by atoms with E-state index in [4.69, 9.17) is 31.5 Å². The SMILES string of the molecule is CCOCCOc1c(Cl)cc(CN)cc1OC. The van der Waals surface area contributed by atoms with Gasteiger partial charge in [-0.1, -0.05) is 11.6 Å². The van der Waals surface area contributed by atoms with Crippen molar-refractivity contribution in [2.75, 3.05) is 26.9 Å². The lowest BCUT2D eigenvalue weighted by Crippen LogP contribution is -2.08. The lowest BCUT2D eigenvalue weighted by atomic mass is 10.2. The maximum atomic E-state index is 6.10. The molecule has 0 aliphatic heterocycles. The second kappa shape index (κ2) is 7.37. The van der Waals surface area contributed by atoms with E-state index >= 15 is 0 Å². The molecular weight excluding hydrogens is 242 g/mol. The lowest BCUT2D eigenvalue weighted by molar-refractivity contribution is 0.109. The van der Waals surface area contributed by atoms with Gasteiger partial charge in [-0.2, -0.15) is 0 Å². The van der Waals surface area contributed by atoms with E-state index in [0.717, 1.165) is 5.56 Å². The van der Waals surface area contributed by atoms with Crippen LogP contribution in [0.1, 0.15) is 12.5 Å². The molecule has 0 heterocycles. The number of nitrogens with two attached hydrogens (primary N) is 1. The third-order valence-corrected chi connectivity index (χ3v) is 2.48. The van der Waals surface area contributed by atoms with Gasteiger partial charge in [0.1, 0.15) is 6.61 Å².